The van der Waals surface area contributed by atoms with E-state index in [0.29, 0.717) is 5.56 Å². The van der Waals surface area contributed by atoms with Crippen molar-refractivity contribution in [1.82, 2.24) is 4.90 Å². The van der Waals surface area contributed by atoms with E-state index in [2.05, 4.69) is 41.2 Å². The molecule has 4 nitrogen and oxygen atoms in total. The van der Waals surface area contributed by atoms with Crippen LogP contribution in [0.5, 0.6) is 0 Å². The molecule has 0 bridgehead atoms. The fourth-order valence-corrected chi connectivity index (χ4v) is 2.93. The Morgan fingerprint density at radius 1 is 1.00 bits per heavy atom. The van der Waals surface area contributed by atoms with Gasteiger partial charge in [0.05, 0.1) is 0 Å². The van der Waals surface area contributed by atoms with Gasteiger partial charge in [0.15, 0.2) is 0 Å². The molecule has 0 unspecified atom stereocenters. The molecule has 0 spiro atoms. The molecular weight excluding hydrogens is 286 g/mol. The normalized spacial score (nSPS) is 15.5. The van der Waals surface area contributed by atoms with Crippen molar-refractivity contribution in [3.63, 3.8) is 0 Å². The maximum atomic E-state index is 12.2. The number of nitrogens with one attached hydrogen (secondary N) is 1. The molecule has 1 saturated heterocycles. The van der Waals surface area contributed by atoms with Crippen molar-refractivity contribution in [2.45, 2.75) is 6.92 Å². The second-order valence-corrected chi connectivity index (χ2v) is 6.11. The van der Waals surface area contributed by atoms with Crippen molar-refractivity contribution in [1.29, 1.82) is 0 Å². The summed E-state index contributed by atoms with van der Waals surface area (Å²) in [5.74, 6) is -0.0719. The molecule has 0 aliphatic carbocycles. The summed E-state index contributed by atoms with van der Waals surface area (Å²) in [5.41, 5.74) is 3.97. The quantitative estimate of drug-likeness (QED) is 0.947. The van der Waals surface area contributed by atoms with Gasteiger partial charge in [-0.3, -0.25) is 4.79 Å². The van der Waals surface area contributed by atoms with Gasteiger partial charge in [0.25, 0.3) is 5.91 Å². The molecule has 1 amide bonds. The van der Waals surface area contributed by atoms with Crippen LogP contribution in [0.2, 0.25) is 0 Å². The summed E-state index contributed by atoms with van der Waals surface area (Å²) in [6.07, 6.45) is 0. The van der Waals surface area contributed by atoms with Crippen LogP contribution in [0.4, 0.5) is 11.4 Å². The van der Waals surface area contributed by atoms with Gasteiger partial charge >= 0.3 is 0 Å². The van der Waals surface area contributed by atoms with Gasteiger partial charge in [-0.2, -0.15) is 0 Å². The van der Waals surface area contributed by atoms with Crippen LogP contribution >= 0.6 is 0 Å². The third-order valence-electron chi connectivity index (χ3n) is 4.33. The number of rotatable bonds is 3. The van der Waals surface area contributed by atoms with E-state index < -0.39 is 0 Å². The summed E-state index contributed by atoms with van der Waals surface area (Å²) >= 11 is 0. The number of piperazine rings is 1. The maximum Gasteiger partial charge on any atom is 0.255 e. The van der Waals surface area contributed by atoms with E-state index in [1.54, 1.807) is 0 Å². The molecule has 1 aliphatic rings. The smallest absolute Gasteiger partial charge is 0.255 e. The fourth-order valence-electron chi connectivity index (χ4n) is 2.93. The van der Waals surface area contributed by atoms with Gasteiger partial charge in [0, 0.05) is 43.1 Å². The monoisotopic (exact) mass is 309 g/mol. The van der Waals surface area contributed by atoms with Crippen LogP contribution in [0.1, 0.15) is 15.9 Å². The lowest BCUT2D eigenvalue weighted by Gasteiger charge is -2.35. The summed E-state index contributed by atoms with van der Waals surface area (Å²) in [7, 11) is 2.16. The van der Waals surface area contributed by atoms with Crippen LogP contribution in [0.25, 0.3) is 0 Å². The zero-order valence-corrected chi connectivity index (χ0v) is 13.7. The Kier molecular flexibility index (Phi) is 4.63. The van der Waals surface area contributed by atoms with Crippen molar-refractivity contribution in [2.24, 2.45) is 0 Å². The third kappa shape index (κ3) is 3.71. The van der Waals surface area contributed by atoms with E-state index in [1.807, 2.05) is 36.4 Å². The van der Waals surface area contributed by atoms with Crippen molar-refractivity contribution in [3.05, 3.63) is 59.7 Å². The van der Waals surface area contributed by atoms with E-state index in [-0.39, 0.29) is 5.91 Å². The number of carbonyl (C=O) groups excluding carboxylic acids is 1. The number of amides is 1. The number of anilines is 2. The van der Waals surface area contributed by atoms with E-state index >= 15 is 0 Å². The molecule has 2 aromatic rings. The minimum Gasteiger partial charge on any atom is -0.369 e. The summed E-state index contributed by atoms with van der Waals surface area (Å²) in [6.45, 7) is 6.38. The van der Waals surface area contributed by atoms with Gasteiger partial charge in [-0.05, 0) is 49.9 Å². The van der Waals surface area contributed by atoms with Crippen LogP contribution in [0, 0.1) is 6.92 Å². The molecule has 0 saturated carbocycles. The number of benzene rings is 2. The Labute approximate surface area is 137 Å². The van der Waals surface area contributed by atoms with Gasteiger partial charge in [-0.1, -0.05) is 18.2 Å². The topological polar surface area (TPSA) is 35.6 Å². The molecular formula is C19H23N3O. The van der Waals surface area contributed by atoms with Gasteiger partial charge in [0.1, 0.15) is 0 Å². The highest BCUT2D eigenvalue weighted by atomic mass is 16.1. The molecule has 0 atom stereocenters. The van der Waals surface area contributed by atoms with Crippen LogP contribution in [-0.2, 0) is 0 Å². The summed E-state index contributed by atoms with van der Waals surface area (Å²) in [4.78, 5) is 17.0. The SMILES string of the molecule is Cc1cc(NC(=O)c2ccccc2)ccc1N1CCN(C)CC1. The molecule has 0 radical (unpaired) electrons. The number of aryl methyl sites for hydroxylation is 1. The summed E-state index contributed by atoms with van der Waals surface area (Å²) < 4.78 is 0. The molecule has 4 heteroatoms. The van der Waals surface area contributed by atoms with E-state index in [4.69, 9.17) is 0 Å². The first-order valence-corrected chi connectivity index (χ1v) is 8.04. The second-order valence-electron chi connectivity index (χ2n) is 6.11. The van der Waals surface area contributed by atoms with Crippen LogP contribution < -0.4 is 10.2 Å². The number of hydrogen-bond donors (Lipinski definition) is 1. The molecule has 1 aliphatic heterocycles. The summed E-state index contributed by atoms with van der Waals surface area (Å²) in [5, 5.41) is 2.97. The number of hydrogen-bond acceptors (Lipinski definition) is 3. The fraction of sp³-hybridized carbons (Fsp3) is 0.316. The predicted molar refractivity (Wildman–Crippen MR) is 95.3 cm³/mol. The number of nitrogens with zero attached hydrogens (tertiary/aromatic N) is 2. The Hall–Kier alpha value is -2.33. The van der Waals surface area contributed by atoms with Crippen molar-refractivity contribution in [3.8, 4) is 0 Å². The molecule has 3 rings (SSSR count). The van der Waals surface area contributed by atoms with Gasteiger partial charge in [-0.25, -0.2) is 0 Å². The second kappa shape index (κ2) is 6.84. The van der Waals surface area contributed by atoms with Gasteiger partial charge in [-0.15, -0.1) is 0 Å². The lowest BCUT2D eigenvalue weighted by Crippen LogP contribution is -2.44. The van der Waals surface area contributed by atoms with E-state index in [0.717, 1.165) is 31.9 Å². The van der Waals surface area contributed by atoms with E-state index in [1.165, 1.54) is 11.3 Å². The lowest BCUT2D eigenvalue weighted by molar-refractivity contribution is 0.102. The highest BCUT2D eigenvalue weighted by Crippen LogP contribution is 2.25. The number of likely N-dealkylation sites (N-methyl/N-ethyl adjacent to an activating group) is 1. The number of carbonyl (C=O) groups is 1. The Morgan fingerprint density at radius 3 is 2.35 bits per heavy atom. The molecule has 0 aromatic heterocycles. The van der Waals surface area contributed by atoms with Crippen LogP contribution in [0.15, 0.2) is 48.5 Å². The molecule has 1 fully saturated rings. The minimum absolute atomic E-state index is 0.0719. The largest absolute Gasteiger partial charge is 0.369 e. The first-order valence-electron chi connectivity index (χ1n) is 8.04. The molecule has 23 heavy (non-hydrogen) atoms. The van der Waals surface area contributed by atoms with Crippen LogP contribution in [-0.4, -0.2) is 44.0 Å². The zero-order valence-electron chi connectivity index (χ0n) is 13.7. The van der Waals surface area contributed by atoms with Crippen LogP contribution in [0.3, 0.4) is 0 Å². The third-order valence-corrected chi connectivity index (χ3v) is 4.33. The highest BCUT2D eigenvalue weighted by Gasteiger charge is 2.16. The van der Waals surface area contributed by atoms with Crippen molar-refractivity contribution in [2.75, 3.05) is 43.4 Å². The predicted octanol–water partition coefficient (Wildman–Crippen LogP) is 3.00. The van der Waals surface area contributed by atoms with Crippen molar-refractivity contribution < 1.29 is 4.79 Å². The highest BCUT2D eigenvalue weighted by molar-refractivity contribution is 6.04. The van der Waals surface area contributed by atoms with Gasteiger partial charge < -0.3 is 15.1 Å². The standard InChI is InChI=1S/C19H23N3O/c1-15-14-17(20-19(23)16-6-4-3-5-7-16)8-9-18(15)22-12-10-21(2)11-13-22/h3-9,14H,10-13H2,1-2H3,(H,20,23). The summed E-state index contributed by atoms with van der Waals surface area (Å²) in [6, 6.07) is 15.4. The Bertz CT molecular complexity index is 676. The zero-order chi connectivity index (χ0) is 16.2. The maximum absolute atomic E-state index is 12.2. The van der Waals surface area contributed by atoms with Crippen molar-refractivity contribution >= 4 is 17.3 Å². The average Bonchev–Trinajstić information content (AvgIpc) is 2.57. The van der Waals surface area contributed by atoms with E-state index in [9.17, 15) is 4.79 Å². The lowest BCUT2D eigenvalue weighted by atomic mass is 10.1. The minimum atomic E-state index is -0.0719. The molecule has 2 aromatic carbocycles. The van der Waals surface area contributed by atoms with Gasteiger partial charge in [0.2, 0.25) is 0 Å². The molecule has 1 heterocycles. The Balaban J connectivity index is 1.71. The first kappa shape index (κ1) is 15.6. The Morgan fingerprint density at radius 2 is 1.70 bits per heavy atom. The first-order chi connectivity index (χ1) is 11.1. The average molecular weight is 309 g/mol. The molecule has 1 N–H and O–H groups in total. The molecule has 120 valence electrons.